The molecule has 0 bridgehead atoms. The molecule has 11 nitrogen and oxygen atoms in total. The number of sulfonamides is 1. The fraction of sp³-hybridized carbons (Fsp3) is 0.250. The summed E-state index contributed by atoms with van der Waals surface area (Å²) in [4.78, 5) is 30.0. The average molecular weight is 546 g/mol. The van der Waals surface area contributed by atoms with Crippen LogP contribution in [0.2, 0.25) is 0 Å². The predicted octanol–water partition coefficient (Wildman–Crippen LogP) is 3.32. The molecule has 0 atom stereocenters. The van der Waals surface area contributed by atoms with Crippen LogP contribution in [0.4, 0.5) is 36.4 Å². The molecular weight excluding hydrogens is 524 g/mol. The Balaban J connectivity index is 1.90. The molecular formula is C20H22F3N6O5PS. The first kappa shape index (κ1) is 27.3. The van der Waals surface area contributed by atoms with Crippen molar-refractivity contribution in [3.8, 4) is 0 Å². The molecule has 0 saturated carbocycles. The summed E-state index contributed by atoms with van der Waals surface area (Å²) in [5.74, 6) is -0.739. The Labute approximate surface area is 204 Å². The van der Waals surface area contributed by atoms with Gasteiger partial charge in [-0.1, -0.05) is 18.2 Å². The van der Waals surface area contributed by atoms with Crippen LogP contribution in [0, 0.1) is 0 Å². The van der Waals surface area contributed by atoms with Crippen molar-refractivity contribution in [2.45, 2.75) is 18.9 Å². The molecule has 4 N–H and O–H groups in total. The molecule has 0 aliphatic rings. The first-order valence-corrected chi connectivity index (χ1v) is 13.7. The van der Waals surface area contributed by atoms with Gasteiger partial charge in [0.25, 0.3) is 0 Å². The summed E-state index contributed by atoms with van der Waals surface area (Å²) >= 11 is 0. The van der Waals surface area contributed by atoms with Gasteiger partial charge < -0.3 is 20.4 Å². The quantitative estimate of drug-likeness (QED) is 0.294. The largest absolute Gasteiger partial charge is 0.421 e. The zero-order valence-corrected chi connectivity index (χ0v) is 20.6. The summed E-state index contributed by atoms with van der Waals surface area (Å²) in [6.07, 6.45) is -2.39. The summed E-state index contributed by atoms with van der Waals surface area (Å²) in [7, 11) is -6.72. The summed E-state index contributed by atoms with van der Waals surface area (Å²) < 4.78 is 76.8. The Hall–Kier alpha value is -3.26. The van der Waals surface area contributed by atoms with Crippen molar-refractivity contribution in [1.82, 2.24) is 15.0 Å². The fourth-order valence-corrected chi connectivity index (χ4v) is 4.24. The number of hydrogen-bond acceptors (Lipinski definition) is 8. The van der Waals surface area contributed by atoms with Gasteiger partial charge >= 0.3 is 13.8 Å². The second kappa shape index (κ2) is 10.4. The van der Waals surface area contributed by atoms with Crippen molar-refractivity contribution in [3.63, 3.8) is 0 Å². The number of hydrogen-bond donors (Lipinski definition) is 4. The second-order valence-electron chi connectivity index (χ2n) is 7.67. The van der Waals surface area contributed by atoms with Crippen molar-refractivity contribution in [2.24, 2.45) is 0 Å². The van der Waals surface area contributed by atoms with Crippen LogP contribution >= 0.6 is 7.60 Å². The Kier molecular flexibility index (Phi) is 7.88. The Morgan fingerprint density at radius 1 is 1.14 bits per heavy atom. The molecule has 36 heavy (non-hydrogen) atoms. The lowest BCUT2D eigenvalue weighted by Crippen LogP contribution is -2.27. The molecule has 2 heterocycles. The third-order valence-corrected chi connectivity index (χ3v) is 6.72. The van der Waals surface area contributed by atoms with Crippen LogP contribution in [-0.4, -0.2) is 46.5 Å². The highest BCUT2D eigenvalue weighted by Crippen LogP contribution is 2.39. The van der Waals surface area contributed by atoms with Gasteiger partial charge in [-0.15, -0.1) is 0 Å². The summed E-state index contributed by atoms with van der Waals surface area (Å²) in [6, 6.07) is 8.97. The van der Waals surface area contributed by atoms with Gasteiger partial charge in [0.15, 0.2) is 0 Å². The molecule has 0 saturated heterocycles. The van der Waals surface area contributed by atoms with Gasteiger partial charge in [0.05, 0.1) is 12.4 Å². The van der Waals surface area contributed by atoms with Gasteiger partial charge in [-0.3, -0.25) is 8.87 Å². The monoisotopic (exact) mass is 546 g/mol. The van der Waals surface area contributed by atoms with Crippen LogP contribution < -0.4 is 14.9 Å². The van der Waals surface area contributed by atoms with Crippen LogP contribution in [-0.2, 0) is 33.5 Å². The molecule has 0 aliphatic carbocycles. The maximum atomic E-state index is 13.6. The molecule has 194 valence electrons. The van der Waals surface area contributed by atoms with E-state index in [9.17, 15) is 26.2 Å². The van der Waals surface area contributed by atoms with E-state index in [0.29, 0.717) is 23.0 Å². The maximum absolute atomic E-state index is 13.6. The molecule has 16 heteroatoms. The fourth-order valence-electron chi connectivity index (χ4n) is 3.09. The maximum Gasteiger partial charge on any atom is 0.421 e. The smallest absolute Gasteiger partial charge is 0.365 e. The third-order valence-electron chi connectivity index (χ3n) is 4.78. The topological polar surface area (TPSA) is 158 Å². The van der Waals surface area contributed by atoms with E-state index in [2.05, 4.69) is 25.6 Å². The van der Waals surface area contributed by atoms with Gasteiger partial charge in [0.1, 0.15) is 17.2 Å². The first-order chi connectivity index (χ1) is 16.6. The zero-order chi connectivity index (χ0) is 26.7. The zero-order valence-electron chi connectivity index (χ0n) is 18.9. The van der Waals surface area contributed by atoms with Crippen LogP contribution in [0.1, 0.15) is 16.7 Å². The third kappa shape index (κ3) is 7.37. The number of nitrogens with one attached hydrogen (secondary N) is 2. The predicted molar refractivity (Wildman–Crippen MR) is 127 cm³/mol. The van der Waals surface area contributed by atoms with Crippen molar-refractivity contribution >= 4 is 40.9 Å². The minimum atomic E-state index is -4.79. The molecule has 1 aromatic carbocycles. The molecule has 0 fully saturated rings. The lowest BCUT2D eigenvalue weighted by molar-refractivity contribution is -0.137. The minimum absolute atomic E-state index is 0.0373. The van der Waals surface area contributed by atoms with Gasteiger partial charge in [0, 0.05) is 37.2 Å². The van der Waals surface area contributed by atoms with E-state index in [1.807, 2.05) is 0 Å². The van der Waals surface area contributed by atoms with E-state index in [1.54, 1.807) is 0 Å². The van der Waals surface area contributed by atoms with Crippen molar-refractivity contribution in [1.29, 1.82) is 0 Å². The molecule has 0 unspecified atom stereocenters. The van der Waals surface area contributed by atoms with Gasteiger partial charge in [-0.2, -0.15) is 18.2 Å². The van der Waals surface area contributed by atoms with Crippen LogP contribution in [0.15, 0.2) is 48.8 Å². The van der Waals surface area contributed by atoms with Crippen molar-refractivity contribution in [3.05, 3.63) is 65.5 Å². The lowest BCUT2D eigenvalue weighted by atomic mass is 10.2. The number of nitrogens with zero attached hydrogens (tertiary/aromatic N) is 4. The standard InChI is InChI=1S/C20H22F3N6O5PS/c1-29(36(2,33)34)18-14(6-4-8-24-18)10-25-17-16(20(21,22)23)11-26-19(28-17)27-15-7-3-5-13(9-15)12-35(30,31)32/h3-9,11H,10,12H2,1-2H3,(H2,30,31,32)(H2,25,26,27,28). The molecule has 0 amide bonds. The number of rotatable bonds is 9. The molecule has 3 rings (SSSR count). The minimum Gasteiger partial charge on any atom is -0.365 e. The number of pyridine rings is 1. The average Bonchev–Trinajstić information content (AvgIpc) is 2.75. The van der Waals surface area contributed by atoms with E-state index in [4.69, 9.17) is 9.79 Å². The highest BCUT2D eigenvalue weighted by atomic mass is 32.2. The van der Waals surface area contributed by atoms with Crippen molar-refractivity contribution < 1.29 is 35.9 Å². The highest BCUT2D eigenvalue weighted by Gasteiger charge is 2.35. The summed E-state index contributed by atoms with van der Waals surface area (Å²) in [6.45, 7) is -0.236. The van der Waals surface area contributed by atoms with Gasteiger partial charge in [-0.05, 0) is 23.8 Å². The van der Waals surface area contributed by atoms with Crippen molar-refractivity contribution in [2.75, 3.05) is 28.2 Å². The van der Waals surface area contributed by atoms with Crippen LogP contribution in [0.3, 0.4) is 0 Å². The lowest BCUT2D eigenvalue weighted by Gasteiger charge is -2.20. The SMILES string of the molecule is CN(c1ncccc1CNc1nc(Nc2cccc(CP(=O)(O)O)c2)ncc1C(F)(F)F)S(C)(=O)=O. The Bertz CT molecular complexity index is 1400. The van der Waals surface area contributed by atoms with E-state index >= 15 is 0 Å². The number of aromatic nitrogens is 3. The number of alkyl halides is 3. The van der Waals surface area contributed by atoms with E-state index in [1.165, 1.54) is 49.6 Å². The molecule has 0 radical (unpaired) electrons. The summed E-state index contributed by atoms with van der Waals surface area (Å²) in [5.41, 5.74) is -0.240. The van der Waals surface area contributed by atoms with E-state index in [-0.39, 0.29) is 18.3 Å². The number of anilines is 4. The first-order valence-electron chi connectivity index (χ1n) is 10.1. The second-order valence-corrected chi connectivity index (χ2v) is 11.3. The molecule has 3 aromatic rings. The Morgan fingerprint density at radius 2 is 1.86 bits per heavy atom. The van der Waals surface area contributed by atoms with E-state index in [0.717, 1.165) is 10.6 Å². The van der Waals surface area contributed by atoms with Gasteiger partial charge in [-0.25, -0.2) is 18.4 Å². The molecule has 0 spiro atoms. The normalized spacial score (nSPS) is 12.3. The Morgan fingerprint density at radius 3 is 2.50 bits per heavy atom. The summed E-state index contributed by atoms with van der Waals surface area (Å²) in [5, 5.41) is 5.29. The van der Waals surface area contributed by atoms with Crippen LogP contribution in [0.5, 0.6) is 0 Å². The molecule has 0 aliphatic heterocycles. The van der Waals surface area contributed by atoms with Crippen LogP contribution in [0.25, 0.3) is 0 Å². The molecule has 2 aromatic heterocycles. The highest BCUT2D eigenvalue weighted by molar-refractivity contribution is 7.92. The van der Waals surface area contributed by atoms with Gasteiger partial charge in [0.2, 0.25) is 16.0 Å². The van der Waals surface area contributed by atoms with E-state index < -0.39 is 41.3 Å². The number of halogens is 3. The number of benzene rings is 1.